The Hall–Kier alpha value is -0.980. The molecule has 1 atom stereocenters. The Morgan fingerprint density at radius 2 is 2.14 bits per heavy atom. The van der Waals surface area contributed by atoms with E-state index in [1.807, 2.05) is 18.7 Å². The van der Waals surface area contributed by atoms with Crippen LogP contribution in [-0.2, 0) is 19.4 Å². The second-order valence-electron chi connectivity index (χ2n) is 5.04. The van der Waals surface area contributed by atoms with Crippen LogP contribution in [0.1, 0.15) is 48.3 Å². The number of hydrogen-bond donors (Lipinski definition) is 1. The first kappa shape index (κ1) is 16.4. The van der Waals surface area contributed by atoms with Gasteiger partial charge in [0, 0.05) is 13.0 Å². The summed E-state index contributed by atoms with van der Waals surface area (Å²) >= 11 is 7.89. The fourth-order valence-electron chi connectivity index (χ4n) is 2.47. The second-order valence-corrected chi connectivity index (χ2v) is 6.20. The number of halogens is 1. The van der Waals surface area contributed by atoms with Crippen molar-refractivity contribution in [1.29, 1.82) is 0 Å². The van der Waals surface area contributed by atoms with Crippen LogP contribution < -0.4 is 5.32 Å². The van der Waals surface area contributed by atoms with E-state index in [1.54, 1.807) is 0 Å². The van der Waals surface area contributed by atoms with E-state index in [-0.39, 0.29) is 6.04 Å². The largest absolute Gasteiger partial charge is 0.312 e. The van der Waals surface area contributed by atoms with E-state index < -0.39 is 0 Å². The van der Waals surface area contributed by atoms with Crippen LogP contribution in [0.2, 0.25) is 5.02 Å². The summed E-state index contributed by atoms with van der Waals surface area (Å²) in [6.45, 7) is 7.01. The second kappa shape index (κ2) is 7.33. The highest BCUT2D eigenvalue weighted by Crippen LogP contribution is 2.29. The van der Waals surface area contributed by atoms with Crippen molar-refractivity contribution in [3.8, 4) is 0 Å². The Bertz CT molecular complexity index is 592. The number of rotatable bonds is 7. The summed E-state index contributed by atoms with van der Waals surface area (Å²) in [5, 5.41) is 12.9. The summed E-state index contributed by atoms with van der Waals surface area (Å²) in [6, 6.07) is 0.172. The molecule has 5 nitrogen and oxygen atoms in total. The quantitative estimate of drug-likeness (QED) is 0.848. The zero-order valence-electron chi connectivity index (χ0n) is 13.0. The predicted molar refractivity (Wildman–Crippen MR) is 87.1 cm³/mol. The molecule has 1 unspecified atom stereocenters. The van der Waals surface area contributed by atoms with Crippen LogP contribution in [0.3, 0.4) is 0 Å². The molecule has 7 heteroatoms. The maximum Gasteiger partial charge on any atom is 0.0847 e. The third-order valence-electron chi connectivity index (χ3n) is 3.59. The lowest BCUT2D eigenvalue weighted by atomic mass is 10.1. The van der Waals surface area contributed by atoms with Crippen molar-refractivity contribution in [3.63, 3.8) is 0 Å². The molecule has 0 amide bonds. The van der Waals surface area contributed by atoms with Gasteiger partial charge in [-0.2, -0.15) is 5.10 Å². The van der Waals surface area contributed by atoms with Crippen LogP contribution in [0.5, 0.6) is 0 Å². The van der Waals surface area contributed by atoms with Gasteiger partial charge in [0.1, 0.15) is 0 Å². The molecule has 116 valence electrons. The Balaban J connectivity index is 2.29. The van der Waals surface area contributed by atoms with Crippen molar-refractivity contribution in [2.75, 3.05) is 7.05 Å². The lowest BCUT2D eigenvalue weighted by Crippen LogP contribution is -2.21. The molecule has 0 radical (unpaired) electrons. The molecule has 21 heavy (non-hydrogen) atoms. The van der Waals surface area contributed by atoms with Crippen LogP contribution >= 0.6 is 23.1 Å². The van der Waals surface area contributed by atoms with Crippen molar-refractivity contribution in [1.82, 2.24) is 24.7 Å². The smallest absolute Gasteiger partial charge is 0.0847 e. The molecular weight excluding hydrogens is 306 g/mol. The Morgan fingerprint density at radius 3 is 2.76 bits per heavy atom. The lowest BCUT2D eigenvalue weighted by molar-refractivity contribution is 0.542. The topological polar surface area (TPSA) is 55.6 Å². The highest BCUT2D eigenvalue weighted by Gasteiger charge is 2.22. The molecule has 1 N–H and O–H groups in total. The zero-order valence-corrected chi connectivity index (χ0v) is 14.6. The third-order valence-corrected chi connectivity index (χ3v) is 4.96. The van der Waals surface area contributed by atoms with Gasteiger partial charge in [-0.05, 0) is 38.8 Å². The van der Waals surface area contributed by atoms with Crippen molar-refractivity contribution < 1.29 is 0 Å². The molecule has 0 aromatic carbocycles. The Morgan fingerprint density at radius 1 is 1.38 bits per heavy atom. The summed E-state index contributed by atoms with van der Waals surface area (Å²) in [4.78, 5) is 1.21. The molecule has 0 aliphatic carbocycles. The van der Waals surface area contributed by atoms with Crippen molar-refractivity contribution in [3.05, 3.63) is 27.0 Å². The standard InChI is InChI=1S/C14H22ClN5S/c1-5-7-10-14(21-19-17-10)11(16-4)8-12-13(15)9(3)18-20(12)6-2/h11,16H,5-8H2,1-4H3. The zero-order chi connectivity index (χ0) is 15.4. The number of nitrogens with one attached hydrogen (secondary N) is 1. The summed E-state index contributed by atoms with van der Waals surface area (Å²) in [6.07, 6.45) is 2.83. The minimum absolute atomic E-state index is 0.172. The van der Waals surface area contributed by atoms with Gasteiger partial charge in [-0.25, -0.2) is 0 Å². The monoisotopic (exact) mass is 327 g/mol. The molecule has 2 heterocycles. The highest BCUT2D eigenvalue weighted by atomic mass is 35.5. The molecular formula is C14H22ClN5S. The molecule has 2 aromatic rings. The third kappa shape index (κ3) is 3.44. The molecule has 0 bridgehead atoms. The van der Waals surface area contributed by atoms with Crippen molar-refractivity contribution in [2.24, 2.45) is 0 Å². The Kier molecular flexibility index (Phi) is 5.72. The van der Waals surface area contributed by atoms with Gasteiger partial charge in [0.05, 0.1) is 33.0 Å². The lowest BCUT2D eigenvalue weighted by Gasteiger charge is -2.16. The first-order valence-corrected chi connectivity index (χ1v) is 8.47. The van der Waals surface area contributed by atoms with E-state index in [0.717, 1.165) is 47.9 Å². The molecule has 0 aliphatic rings. The first-order chi connectivity index (χ1) is 10.1. The minimum atomic E-state index is 0.172. The van der Waals surface area contributed by atoms with E-state index in [0.29, 0.717) is 0 Å². The normalized spacial score (nSPS) is 12.8. The van der Waals surface area contributed by atoms with Crippen LogP contribution in [0.25, 0.3) is 0 Å². The summed E-state index contributed by atoms with van der Waals surface area (Å²) in [5.41, 5.74) is 3.06. The number of aromatic nitrogens is 4. The maximum atomic E-state index is 6.42. The van der Waals surface area contributed by atoms with Gasteiger partial charge in [0.25, 0.3) is 0 Å². The average Bonchev–Trinajstić information content (AvgIpc) is 3.04. The van der Waals surface area contributed by atoms with Crippen molar-refractivity contribution in [2.45, 2.75) is 52.6 Å². The molecule has 0 saturated heterocycles. The number of likely N-dealkylation sites (N-methyl/N-ethyl adjacent to an activating group) is 1. The van der Waals surface area contributed by atoms with E-state index in [1.165, 1.54) is 16.4 Å². The fraction of sp³-hybridized carbons (Fsp3) is 0.643. The Labute approximate surface area is 134 Å². The maximum absolute atomic E-state index is 6.42. The molecule has 2 rings (SSSR count). The van der Waals surface area contributed by atoms with E-state index in [9.17, 15) is 0 Å². The van der Waals surface area contributed by atoms with Gasteiger partial charge in [0.2, 0.25) is 0 Å². The molecule has 2 aromatic heterocycles. The van der Waals surface area contributed by atoms with Gasteiger partial charge < -0.3 is 5.32 Å². The van der Waals surface area contributed by atoms with E-state index >= 15 is 0 Å². The van der Waals surface area contributed by atoms with Crippen LogP contribution in [-0.4, -0.2) is 26.4 Å². The predicted octanol–water partition coefficient (Wildman–Crippen LogP) is 3.17. The molecule has 0 spiro atoms. The average molecular weight is 328 g/mol. The highest BCUT2D eigenvalue weighted by molar-refractivity contribution is 7.05. The SMILES string of the molecule is CCCc1nnsc1C(Cc1c(Cl)c(C)nn1CC)NC. The minimum Gasteiger partial charge on any atom is -0.312 e. The van der Waals surface area contributed by atoms with Gasteiger partial charge in [-0.1, -0.05) is 29.4 Å². The van der Waals surface area contributed by atoms with Crippen molar-refractivity contribution >= 4 is 23.1 Å². The van der Waals surface area contributed by atoms with Gasteiger partial charge in [-0.3, -0.25) is 4.68 Å². The van der Waals surface area contributed by atoms with Crippen LogP contribution in [0.4, 0.5) is 0 Å². The van der Waals surface area contributed by atoms with E-state index in [2.05, 4.69) is 33.8 Å². The van der Waals surface area contributed by atoms with Gasteiger partial charge in [0.15, 0.2) is 0 Å². The number of hydrogen-bond acceptors (Lipinski definition) is 5. The molecule has 0 saturated carbocycles. The molecule has 0 fully saturated rings. The number of aryl methyl sites for hydroxylation is 3. The van der Waals surface area contributed by atoms with E-state index in [4.69, 9.17) is 11.6 Å². The summed E-state index contributed by atoms with van der Waals surface area (Å²) in [5.74, 6) is 0. The number of nitrogens with zero attached hydrogens (tertiary/aromatic N) is 4. The van der Waals surface area contributed by atoms with Crippen LogP contribution in [0.15, 0.2) is 0 Å². The van der Waals surface area contributed by atoms with Crippen LogP contribution in [0, 0.1) is 6.92 Å². The summed E-state index contributed by atoms with van der Waals surface area (Å²) < 4.78 is 6.10. The summed E-state index contributed by atoms with van der Waals surface area (Å²) in [7, 11) is 1.97. The molecule has 0 aliphatic heterocycles. The van der Waals surface area contributed by atoms with Gasteiger partial charge >= 0.3 is 0 Å². The first-order valence-electron chi connectivity index (χ1n) is 7.32. The fourth-order valence-corrected chi connectivity index (χ4v) is 3.49. The van der Waals surface area contributed by atoms with Gasteiger partial charge in [-0.15, -0.1) is 5.10 Å².